The third-order valence-electron chi connectivity index (χ3n) is 2.48. The Morgan fingerprint density at radius 2 is 2.06 bits per heavy atom. The normalized spacial score (nSPS) is 11.1. The number of benzene rings is 1. The molecule has 1 aromatic rings. The molecule has 2 amide bonds. The molecule has 0 saturated heterocycles. The van der Waals surface area contributed by atoms with Crippen molar-refractivity contribution in [3.63, 3.8) is 0 Å². The Labute approximate surface area is 98.2 Å². The Hall–Kier alpha value is -1.69. The molecule has 0 aromatic heterocycles. The first-order chi connectivity index (χ1) is 7.86. The van der Waals surface area contributed by atoms with Gasteiger partial charge in [0.1, 0.15) is 11.6 Å². The van der Waals surface area contributed by atoms with Gasteiger partial charge in [-0.05, 0) is 23.8 Å². The van der Waals surface area contributed by atoms with Crippen LogP contribution in [0.5, 0.6) is 0 Å². The molecule has 4 nitrogen and oxygen atoms in total. The van der Waals surface area contributed by atoms with Gasteiger partial charge >= 0.3 is 6.03 Å². The average molecular weight is 243 g/mol. The fraction of sp³-hybridized carbons (Fsp3) is 0.364. The Kier molecular flexibility index (Phi) is 4.01. The van der Waals surface area contributed by atoms with Gasteiger partial charge in [-0.3, -0.25) is 5.43 Å². The number of nitrogens with one attached hydrogen (secondary N) is 2. The Bertz CT molecular complexity index is 421. The van der Waals surface area contributed by atoms with Gasteiger partial charge in [0.2, 0.25) is 0 Å². The minimum absolute atomic E-state index is 0.135. The molecule has 0 fully saturated rings. The van der Waals surface area contributed by atoms with Gasteiger partial charge < -0.3 is 5.32 Å². The van der Waals surface area contributed by atoms with E-state index in [1.165, 1.54) is 0 Å². The quantitative estimate of drug-likeness (QED) is 0.427. The van der Waals surface area contributed by atoms with Crippen molar-refractivity contribution in [2.45, 2.75) is 19.3 Å². The van der Waals surface area contributed by atoms with Gasteiger partial charge in [-0.1, -0.05) is 13.8 Å². The van der Waals surface area contributed by atoms with Crippen molar-refractivity contribution in [2.24, 2.45) is 5.84 Å². The van der Waals surface area contributed by atoms with Crippen LogP contribution in [0.1, 0.15) is 19.4 Å². The third-order valence-corrected chi connectivity index (χ3v) is 2.48. The zero-order valence-corrected chi connectivity index (χ0v) is 9.68. The highest BCUT2D eigenvalue weighted by Gasteiger charge is 2.25. The molecule has 0 radical (unpaired) electrons. The van der Waals surface area contributed by atoms with Crippen molar-refractivity contribution in [2.75, 3.05) is 6.54 Å². The van der Waals surface area contributed by atoms with Crippen LogP contribution in [0.4, 0.5) is 13.6 Å². The largest absolute Gasteiger partial charge is 0.336 e. The van der Waals surface area contributed by atoms with Crippen LogP contribution in [-0.2, 0) is 5.41 Å². The third kappa shape index (κ3) is 3.39. The van der Waals surface area contributed by atoms with Crippen molar-refractivity contribution in [1.29, 1.82) is 0 Å². The standard InChI is InChI=1S/C11H15F2N3O/c1-11(2,6-15-10(17)16-14)8-5-7(12)3-4-9(8)13/h3-5H,6,14H2,1-2H3,(H2,15,16,17). The first-order valence-electron chi connectivity index (χ1n) is 5.07. The molecule has 17 heavy (non-hydrogen) atoms. The van der Waals surface area contributed by atoms with Crippen molar-refractivity contribution in [3.05, 3.63) is 35.4 Å². The van der Waals surface area contributed by atoms with Crippen molar-refractivity contribution in [3.8, 4) is 0 Å². The average Bonchev–Trinajstić information content (AvgIpc) is 2.29. The minimum Gasteiger partial charge on any atom is -0.336 e. The van der Waals surface area contributed by atoms with Gasteiger partial charge in [0.05, 0.1) is 0 Å². The number of rotatable bonds is 3. The first kappa shape index (κ1) is 13.4. The Morgan fingerprint density at radius 1 is 1.41 bits per heavy atom. The lowest BCUT2D eigenvalue weighted by Crippen LogP contribution is -2.45. The van der Waals surface area contributed by atoms with Crippen LogP contribution in [0, 0.1) is 11.6 Å². The number of halogens is 2. The van der Waals surface area contributed by atoms with Gasteiger partial charge in [0.15, 0.2) is 0 Å². The monoisotopic (exact) mass is 243 g/mol. The molecule has 0 aliphatic heterocycles. The molecule has 0 aliphatic rings. The van der Waals surface area contributed by atoms with E-state index in [2.05, 4.69) is 5.32 Å². The summed E-state index contributed by atoms with van der Waals surface area (Å²) in [4.78, 5) is 10.9. The summed E-state index contributed by atoms with van der Waals surface area (Å²) in [6, 6.07) is 2.66. The molecule has 94 valence electrons. The molecule has 0 unspecified atom stereocenters. The summed E-state index contributed by atoms with van der Waals surface area (Å²) >= 11 is 0. The number of urea groups is 1. The number of hydrogen-bond acceptors (Lipinski definition) is 2. The molecule has 0 heterocycles. The molecule has 0 atom stereocenters. The summed E-state index contributed by atoms with van der Waals surface area (Å²) in [7, 11) is 0. The van der Waals surface area contributed by atoms with Gasteiger partial charge in [0, 0.05) is 12.0 Å². The molecular weight excluding hydrogens is 228 g/mol. The molecule has 4 N–H and O–H groups in total. The summed E-state index contributed by atoms with van der Waals surface area (Å²) in [6.07, 6.45) is 0. The highest BCUT2D eigenvalue weighted by atomic mass is 19.1. The van der Waals surface area contributed by atoms with Crippen molar-refractivity contribution >= 4 is 6.03 Å². The van der Waals surface area contributed by atoms with Crippen LogP contribution in [-0.4, -0.2) is 12.6 Å². The van der Waals surface area contributed by atoms with Gasteiger partial charge in [-0.15, -0.1) is 0 Å². The Morgan fingerprint density at radius 3 is 2.65 bits per heavy atom. The number of carbonyl (C=O) groups excluding carboxylic acids is 1. The van der Waals surface area contributed by atoms with E-state index in [1.807, 2.05) is 5.43 Å². The molecule has 6 heteroatoms. The zero-order valence-electron chi connectivity index (χ0n) is 9.68. The fourth-order valence-corrected chi connectivity index (χ4v) is 1.46. The molecule has 0 saturated carbocycles. The lowest BCUT2D eigenvalue weighted by Gasteiger charge is -2.26. The topological polar surface area (TPSA) is 67.2 Å². The SMILES string of the molecule is CC(C)(CNC(=O)NN)c1cc(F)ccc1F. The van der Waals surface area contributed by atoms with Crippen molar-refractivity contribution in [1.82, 2.24) is 10.7 Å². The second kappa shape index (κ2) is 5.09. The van der Waals surface area contributed by atoms with Gasteiger partial charge in [-0.25, -0.2) is 19.4 Å². The van der Waals surface area contributed by atoms with E-state index in [0.29, 0.717) is 0 Å². The lowest BCUT2D eigenvalue weighted by atomic mass is 9.84. The molecule has 0 spiro atoms. The van der Waals surface area contributed by atoms with E-state index >= 15 is 0 Å². The van der Waals surface area contributed by atoms with E-state index in [-0.39, 0.29) is 12.1 Å². The van der Waals surface area contributed by atoms with Crippen LogP contribution >= 0.6 is 0 Å². The van der Waals surface area contributed by atoms with Crippen molar-refractivity contribution < 1.29 is 13.6 Å². The molecular formula is C11H15F2N3O. The second-order valence-corrected chi connectivity index (χ2v) is 4.34. The van der Waals surface area contributed by atoms with Crippen LogP contribution in [0.3, 0.4) is 0 Å². The summed E-state index contributed by atoms with van der Waals surface area (Å²) in [6.45, 7) is 3.53. The Balaban J connectivity index is 2.88. The molecule has 0 aliphatic carbocycles. The van der Waals surface area contributed by atoms with Crippen LogP contribution in [0.2, 0.25) is 0 Å². The molecule has 1 rings (SSSR count). The summed E-state index contributed by atoms with van der Waals surface area (Å²) in [5, 5.41) is 2.45. The number of amides is 2. The summed E-state index contributed by atoms with van der Waals surface area (Å²) < 4.78 is 26.6. The maximum absolute atomic E-state index is 13.6. The highest BCUT2D eigenvalue weighted by Crippen LogP contribution is 2.25. The van der Waals surface area contributed by atoms with Gasteiger partial charge in [0.25, 0.3) is 0 Å². The van der Waals surface area contributed by atoms with E-state index in [0.717, 1.165) is 18.2 Å². The van der Waals surface area contributed by atoms with Crippen LogP contribution < -0.4 is 16.6 Å². The van der Waals surface area contributed by atoms with E-state index in [1.54, 1.807) is 13.8 Å². The smallest absolute Gasteiger partial charge is 0.328 e. The van der Waals surface area contributed by atoms with E-state index in [4.69, 9.17) is 5.84 Å². The number of carbonyl (C=O) groups is 1. The predicted octanol–water partition coefficient (Wildman–Crippen LogP) is 1.42. The van der Waals surface area contributed by atoms with Crippen LogP contribution in [0.15, 0.2) is 18.2 Å². The number of nitrogens with two attached hydrogens (primary N) is 1. The van der Waals surface area contributed by atoms with E-state index in [9.17, 15) is 13.6 Å². The predicted molar refractivity (Wildman–Crippen MR) is 60.1 cm³/mol. The van der Waals surface area contributed by atoms with Crippen LogP contribution in [0.25, 0.3) is 0 Å². The number of hydrazine groups is 1. The first-order valence-corrected chi connectivity index (χ1v) is 5.07. The van der Waals surface area contributed by atoms with E-state index < -0.39 is 23.1 Å². The maximum Gasteiger partial charge on any atom is 0.328 e. The number of hydrogen-bond donors (Lipinski definition) is 3. The fourth-order valence-electron chi connectivity index (χ4n) is 1.46. The highest BCUT2D eigenvalue weighted by molar-refractivity contribution is 5.73. The molecule has 1 aromatic carbocycles. The lowest BCUT2D eigenvalue weighted by molar-refractivity contribution is 0.238. The summed E-state index contributed by atoms with van der Waals surface area (Å²) in [5.41, 5.74) is 1.36. The second-order valence-electron chi connectivity index (χ2n) is 4.34. The maximum atomic E-state index is 13.6. The zero-order chi connectivity index (χ0) is 13.1. The van der Waals surface area contributed by atoms with Gasteiger partial charge in [-0.2, -0.15) is 0 Å². The summed E-state index contributed by atoms with van der Waals surface area (Å²) in [5.74, 6) is 3.87. The minimum atomic E-state index is -0.737. The molecule has 0 bridgehead atoms.